The highest BCUT2D eigenvalue weighted by atomic mass is 35.5. The van der Waals surface area contributed by atoms with Gasteiger partial charge in [0.05, 0.1) is 26.6 Å². The van der Waals surface area contributed by atoms with E-state index in [9.17, 15) is 17.6 Å². The number of carbonyl (C=O) groups is 1. The van der Waals surface area contributed by atoms with Gasteiger partial charge in [0.2, 0.25) is 10.0 Å². The van der Waals surface area contributed by atoms with Crippen LogP contribution in [0, 0.1) is 5.82 Å². The lowest BCUT2D eigenvalue weighted by Crippen LogP contribution is -2.49. The van der Waals surface area contributed by atoms with E-state index >= 15 is 0 Å². The summed E-state index contributed by atoms with van der Waals surface area (Å²) in [5.41, 5.74) is 2.65. The number of halogens is 3. The zero-order valence-corrected chi connectivity index (χ0v) is 28.8. The molecule has 1 amide bonds. The summed E-state index contributed by atoms with van der Waals surface area (Å²) in [4.78, 5) is 22.5. The first-order valence-electron chi connectivity index (χ1n) is 16.4. The Labute approximate surface area is 290 Å². The molecule has 0 spiro atoms. The highest BCUT2D eigenvalue weighted by molar-refractivity contribution is 7.89. The molecule has 2 bridgehead atoms. The van der Waals surface area contributed by atoms with Crippen molar-refractivity contribution >= 4 is 56.2 Å². The van der Waals surface area contributed by atoms with E-state index in [1.165, 1.54) is 18.2 Å². The van der Waals surface area contributed by atoms with Gasteiger partial charge in [-0.15, -0.1) is 0 Å². The number of aromatic nitrogens is 2. The number of piperidine rings is 2. The predicted molar refractivity (Wildman–Crippen MR) is 187 cm³/mol. The standard InChI is InChI=1S/C36H38Cl2FN5O3S/c1-2-32-41-29-8-3-4-9-30(29)44(32)27-21-25-10-11-26(22-27)43(25)19-16-36(23-6-5-7-24(39)20-23)14-17-42(18-15-36)35(45)33-28(37)12-13-31(34(33)38)48(40,46)47/h2-9,12-13,20,25-27H,1,10-11,14-19,21-22H2,(H2,40,46,47)/t25-,26+,27?. The van der Waals surface area contributed by atoms with Crippen molar-refractivity contribution in [2.24, 2.45) is 5.14 Å². The Kier molecular flexibility index (Phi) is 8.91. The third-order valence-electron chi connectivity index (χ3n) is 10.9. The van der Waals surface area contributed by atoms with Gasteiger partial charge in [0.25, 0.3) is 5.91 Å². The molecular formula is C36H38Cl2FN5O3S. The Hall–Kier alpha value is -3.28. The third kappa shape index (κ3) is 5.96. The Balaban J connectivity index is 1.10. The number of rotatable bonds is 8. The van der Waals surface area contributed by atoms with Crippen molar-refractivity contribution in [1.82, 2.24) is 19.4 Å². The monoisotopic (exact) mass is 709 g/mol. The number of para-hydroxylation sites is 2. The van der Waals surface area contributed by atoms with Crippen molar-refractivity contribution in [3.05, 3.63) is 100 Å². The van der Waals surface area contributed by atoms with Crippen LogP contribution in [0.1, 0.15) is 72.7 Å². The first-order valence-corrected chi connectivity index (χ1v) is 18.7. The number of imidazole rings is 1. The molecule has 1 unspecified atom stereocenters. The van der Waals surface area contributed by atoms with Gasteiger partial charge in [-0.05, 0) is 105 Å². The molecule has 3 aliphatic rings. The largest absolute Gasteiger partial charge is 0.338 e. The fraction of sp³-hybridized carbons (Fsp3) is 0.389. The molecule has 2 N–H and O–H groups in total. The molecule has 48 heavy (non-hydrogen) atoms. The second-order valence-corrected chi connectivity index (χ2v) is 15.7. The predicted octanol–water partition coefficient (Wildman–Crippen LogP) is 7.20. The molecule has 3 aliphatic heterocycles. The van der Waals surface area contributed by atoms with Crippen molar-refractivity contribution < 1.29 is 17.6 Å². The number of benzene rings is 3. The van der Waals surface area contributed by atoms with Gasteiger partial charge in [-0.1, -0.05) is 54.0 Å². The lowest BCUT2D eigenvalue weighted by atomic mass is 9.70. The minimum Gasteiger partial charge on any atom is -0.338 e. The van der Waals surface area contributed by atoms with Gasteiger partial charge in [0.1, 0.15) is 16.5 Å². The molecule has 4 aromatic rings. The second kappa shape index (κ2) is 12.9. The normalized spacial score (nSPS) is 22.7. The van der Waals surface area contributed by atoms with Crippen LogP contribution in [0.15, 0.2) is 72.1 Å². The Morgan fingerprint density at radius 1 is 1.02 bits per heavy atom. The van der Waals surface area contributed by atoms with Gasteiger partial charge in [-0.25, -0.2) is 22.9 Å². The number of primary sulfonamides is 1. The van der Waals surface area contributed by atoms with Crippen LogP contribution < -0.4 is 5.14 Å². The topological polar surface area (TPSA) is 102 Å². The number of sulfonamides is 1. The summed E-state index contributed by atoms with van der Waals surface area (Å²) in [6, 6.07) is 18.9. The molecule has 3 fully saturated rings. The molecule has 12 heteroatoms. The smallest absolute Gasteiger partial charge is 0.256 e. The average Bonchev–Trinajstić information content (AvgIpc) is 3.55. The van der Waals surface area contributed by atoms with Gasteiger partial charge in [0.15, 0.2) is 0 Å². The lowest BCUT2D eigenvalue weighted by Gasteiger charge is -2.45. The van der Waals surface area contributed by atoms with Crippen LogP contribution in [0.3, 0.4) is 0 Å². The fourth-order valence-electron chi connectivity index (χ4n) is 8.50. The number of likely N-dealkylation sites (tertiary alicyclic amines) is 1. The van der Waals surface area contributed by atoms with Crippen LogP contribution in [0.4, 0.5) is 4.39 Å². The highest BCUT2D eigenvalue weighted by Crippen LogP contribution is 2.45. The number of amides is 1. The minimum atomic E-state index is -4.16. The van der Waals surface area contributed by atoms with Crippen molar-refractivity contribution in [1.29, 1.82) is 0 Å². The number of nitrogens with zero attached hydrogens (tertiary/aromatic N) is 4. The third-order valence-corrected chi connectivity index (χ3v) is 12.7. The molecule has 1 aromatic heterocycles. The van der Waals surface area contributed by atoms with Crippen LogP contribution >= 0.6 is 23.2 Å². The Morgan fingerprint density at radius 3 is 2.40 bits per heavy atom. The first-order chi connectivity index (χ1) is 23.0. The highest BCUT2D eigenvalue weighted by Gasteiger charge is 2.44. The molecule has 3 aromatic carbocycles. The summed E-state index contributed by atoms with van der Waals surface area (Å²) in [5, 5.41) is 5.11. The summed E-state index contributed by atoms with van der Waals surface area (Å²) in [7, 11) is -4.16. The van der Waals surface area contributed by atoms with E-state index in [1.807, 2.05) is 18.2 Å². The molecule has 0 saturated carbocycles. The summed E-state index contributed by atoms with van der Waals surface area (Å²) < 4.78 is 41.2. The summed E-state index contributed by atoms with van der Waals surface area (Å²) >= 11 is 12.8. The van der Waals surface area contributed by atoms with E-state index in [2.05, 4.69) is 34.2 Å². The van der Waals surface area contributed by atoms with Gasteiger partial charge in [0, 0.05) is 31.2 Å². The molecule has 3 saturated heterocycles. The van der Waals surface area contributed by atoms with Crippen molar-refractivity contribution in [2.75, 3.05) is 19.6 Å². The molecule has 8 nitrogen and oxygen atoms in total. The van der Waals surface area contributed by atoms with Gasteiger partial charge in [-0.3, -0.25) is 9.69 Å². The van der Waals surface area contributed by atoms with Crippen LogP contribution in [0.25, 0.3) is 17.1 Å². The number of nitrogens with two attached hydrogens (primary N) is 1. The first kappa shape index (κ1) is 33.2. The van der Waals surface area contributed by atoms with E-state index < -0.39 is 15.9 Å². The molecule has 7 rings (SSSR count). The maximum absolute atomic E-state index is 14.6. The maximum atomic E-state index is 14.6. The number of carbonyl (C=O) groups excluding carboxylic acids is 1. The van der Waals surface area contributed by atoms with E-state index in [1.54, 1.807) is 17.0 Å². The maximum Gasteiger partial charge on any atom is 0.256 e. The zero-order valence-electron chi connectivity index (χ0n) is 26.5. The van der Waals surface area contributed by atoms with Crippen molar-refractivity contribution in [3.8, 4) is 0 Å². The van der Waals surface area contributed by atoms with E-state index in [-0.39, 0.29) is 31.7 Å². The van der Waals surface area contributed by atoms with Crippen molar-refractivity contribution in [2.45, 2.75) is 73.4 Å². The summed E-state index contributed by atoms with van der Waals surface area (Å²) in [6.45, 7) is 5.68. The van der Waals surface area contributed by atoms with Crippen molar-refractivity contribution in [3.63, 3.8) is 0 Å². The van der Waals surface area contributed by atoms with E-state index in [0.717, 1.165) is 61.1 Å². The number of hydrogen-bond donors (Lipinski definition) is 1. The Bertz CT molecular complexity index is 2000. The van der Waals surface area contributed by atoms with E-state index in [4.69, 9.17) is 33.3 Å². The number of hydrogen-bond acceptors (Lipinski definition) is 5. The average molecular weight is 711 g/mol. The van der Waals surface area contributed by atoms with Crippen LogP contribution in [-0.4, -0.2) is 65.4 Å². The summed E-state index contributed by atoms with van der Waals surface area (Å²) in [6.07, 6.45) is 8.26. The molecule has 252 valence electrons. The molecule has 4 heterocycles. The van der Waals surface area contributed by atoms with Crippen LogP contribution in [-0.2, 0) is 15.4 Å². The molecule has 0 aliphatic carbocycles. The minimum absolute atomic E-state index is 0.0575. The molecule has 3 atom stereocenters. The summed E-state index contributed by atoms with van der Waals surface area (Å²) in [5.74, 6) is 0.184. The fourth-order valence-corrected chi connectivity index (χ4v) is 9.97. The van der Waals surface area contributed by atoms with Gasteiger partial charge < -0.3 is 9.47 Å². The Morgan fingerprint density at radius 2 is 1.73 bits per heavy atom. The zero-order chi connectivity index (χ0) is 33.8. The van der Waals surface area contributed by atoms with Crippen LogP contribution in [0.2, 0.25) is 10.0 Å². The van der Waals surface area contributed by atoms with E-state index in [0.29, 0.717) is 44.1 Å². The number of fused-ring (bicyclic) bond motifs is 3. The SMILES string of the molecule is C=Cc1nc2ccccc2n1C1C[C@H]2CC[C@@H](C1)N2CCC1(c2cccc(F)c2)CCN(C(=O)c2c(Cl)ccc(S(N)(=O)=O)c2Cl)CC1. The van der Waals surface area contributed by atoms with Gasteiger partial charge in [-0.2, -0.15) is 0 Å². The van der Waals surface area contributed by atoms with Crippen LogP contribution in [0.5, 0.6) is 0 Å². The second-order valence-electron chi connectivity index (χ2n) is 13.4. The quantitative estimate of drug-likeness (QED) is 0.209. The lowest BCUT2D eigenvalue weighted by molar-refractivity contribution is 0.0607. The molecular weight excluding hydrogens is 672 g/mol. The molecule has 0 radical (unpaired) electrons. The van der Waals surface area contributed by atoms with Gasteiger partial charge >= 0.3 is 0 Å².